The Morgan fingerprint density at radius 2 is 1.72 bits per heavy atom. The molecule has 160 valence electrons. The number of rotatable bonds is 9. The first-order valence-corrected chi connectivity index (χ1v) is 11.5. The second kappa shape index (κ2) is 10.2. The van der Waals surface area contributed by atoms with E-state index in [0.29, 0.717) is 23.0 Å². The quantitative estimate of drug-likeness (QED) is 0.568. The molecule has 2 aliphatic rings. The van der Waals surface area contributed by atoms with Crippen molar-refractivity contribution in [3.05, 3.63) is 16.0 Å². The lowest BCUT2D eigenvalue weighted by atomic mass is 9.87. The van der Waals surface area contributed by atoms with Crippen LogP contribution in [0.25, 0.3) is 0 Å². The van der Waals surface area contributed by atoms with E-state index in [2.05, 4.69) is 5.32 Å². The molecule has 0 aliphatic heterocycles. The number of aryl methyl sites for hydroxylation is 1. The first-order chi connectivity index (χ1) is 13.9. The molecule has 3 amide bonds. The average Bonchev–Trinajstić information content (AvgIpc) is 3.04. The summed E-state index contributed by atoms with van der Waals surface area (Å²) in [4.78, 5) is 39.1. The molecule has 8 heteroatoms. The average molecular weight is 421 g/mol. The number of nitrogens with one attached hydrogen (secondary N) is 1. The van der Waals surface area contributed by atoms with Gasteiger partial charge in [-0.3, -0.25) is 19.3 Å². The van der Waals surface area contributed by atoms with E-state index in [1.54, 1.807) is 0 Å². The molecule has 1 fully saturated rings. The Hall–Kier alpha value is -1.93. The van der Waals surface area contributed by atoms with Crippen molar-refractivity contribution in [1.29, 1.82) is 0 Å². The zero-order valence-corrected chi connectivity index (χ0v) is 17.8. The van der Waals surface area contributed by atoms with Gasteiger partial charge in [0.1, 0.15) is 5.00 Å². The molecule has 0 atom stereocenters. The highest BCUT2D eigenvalue weighted by Gasteiger charge is 2.25. The molecule has 3 rings (SSSR count). The smallest absolute Gasteiger partial charge is 0.251 e. The molecule has 1 aromatic rings. The SMILES string of the molecule is NC(=O)CN(CCC1CCCCC1)CC(=O)Nc1sc2c(c1C(N)=O)CCCC2. The molecule has 29 heavy (non-hydrogen) atoms. The summed E-state index contributed by atoms with van der Waals surface area (Å²) in [6, 6.07) is 0. The van der Waals surface area contributed by atoms with E-state index in [4.69, 9.17) is 11.5 Å². The molecule has 1 saturated carbocycles. The number of nitrogens with zero attached hydrogens (tertiary/aromatic N) is 1. The van der Waals surface area contributed by atoms with Crippen molar-refractivity contribution >= 4 is 34.1 Å². The maximum Gasteiger partial charge on any atom is 0.251 e. The van der Waals surface area contributed by atoms with Gasteiger partial charge < -0.3 is 16.8 Å². The molecule has 7 nitrogen and oxygen atoms in total. The van der Waals surface area contributed by atoms with Crippen molar-refractivity contribution in [3.63, 3.8) is 0 Å². The molecule has 5 N–H and O–H groups in total. The molecule has 0 aromatic carbocycles. The summed E-state index contributed by atoms with van der Waals surface area (Å²) in [7, 11) is 0. The van der Waals surface area contributed by atoms with E-state index in [1.165, 1.54) is 43.4 Å². The Bertz CT molecular complexity index is 755. The van der Waals surface area contributed by atoms with Crippen LogP contribution in [0, 0.1) is 5.92 Å². The fourth-order valence-corrected chi connectivity index (χ4v) is 5.87. The number of hydrogen-bond acceptors (Lipinski definition) is 5. The summed E-state index contributed by atoms with van der Waals surface area (Å²) in [5.41, 5.74) is 12.4. The van der Waals surface area contributed by atoms with Gasteiger partial charge >= 0.3 is 0 Å². The van der Waals surface area contributed by atoms with Gasteiger partial charge in [-0.05, 0) is 50.1 Å². The molecule has 2 aliphatic carbocycles. The number of hydrogen-bond donors (Lipinski definition) is 3. The molecular weight excluding hydrogens is 388 g/mol. The Labute approximate surface area is 176 Å². The summed E-state index contributed by atoms with van der Waals surface area (Å²) in [5.74, 6) is -0.513. The predicted molar refractivity (Wildman–Crippen MR) is 115 cm³/mol. The summed E-state index contributed by atoms with van der Waals surface area (Å²) < 4.78 is 0. The number of fused-ring (bicyclic) bond motifs is 1. The second-order valence-electron chi connectivity index (χ2n) is 8.30. The van der Waals surface area contributed by atoms with E-state index in [0.717, 1.165) is 42.5 Å². The first-order valence-electron chi connectivity index (χ1n) is 10.7. The van der Waals surface area contributed by atoms with Gasteiger partial charge in [-0.15, -0.1) is 11.3 Å². The molecule has 0 radical (unpaired) electrons. The summed E-state index contributed by atoms with van der Waals surface area (Å²) in [6.45, 7) is 0.810. The molecule has 1 aromatic heterocycles. The third-order valence-corrected chi connectivity index (χ3v) is 7.20. The maximum atomic E-state index is 12.7. The van der Waals surface area contributed by atoms with Crippen molar-refractivity contribution in [2.75, 3.05) is 25.0 Å². The number of anilines is 1. The number of primary amides is 2. The van der Waals surface area contributed by atoms with Gasteiger partial charge in [-0.25, -0.2) is 0 Å². The van der Waals surface area contributed by atoms with Crippen LogP contribution in [-0.4, -0.2) is 42.3 Å². The van der Waals surface area contributed by atoms with Crippen LogP contribution in [0.2, 0.25) is 0 Å². The van der Waals surface area contributed by atoms with E-state index >= 15 is 0 Å². The van der Waals surface area contributed by atoms with Crippen molar-refractivity contribution < 1.29 is 14.4 Å². The molecule has 0 unspecified atom stereocenters. The Balaban J connectivity index is 1.62. The zero-order valence-electron chi connectivity index (χ0n) is 17.0. The van der Waals surface area contributed by atoms with Gasteiger partial charge in [0, 0.05) is 4.88 Å². The number of nitrogens with two attached hydrogens (primary N) is 2. The largest absolute Gasteiger partial charge is 0.369 e. The Morgan fingerprint density at radius 1 is 1.00 bits per heavy atom. The summed E-state index contributed by atoms with van der Waals surface area (Å²) in [6.07, 6.45) is 11.1. The van der Waals surface area contributed by atoms with Gasteiger partial charge in [0.2, 0.25) is 11.8 Å². The van der Waals surface area contributed by atoms with Crippen molar-refractivity contribution in [1.82, 2.24) is 4.90 Å². The van der Waals surface area contributed by atoms with E-state index in [9.17, 15) is 14.4 Å². The number of amides is 3. The maximum absolute atomic E-state index is 12.7. The molecular formula is C21H32N4O3S. The van der Waals surface area contributed by atoms with Crippen molar-refractivity contribution in [3.8, 4) is 0 Å². The Kier molecular flexibility index (Phi) is 7.66. The number of thiophene rings is 1. The van der Waals surface area contributed by atoms with Crippen LogP contribution >= 0.6 is 11.3 Å². The third-order valence-electron chi connectivity index (χ3n) is 6.00. The van der Waals surface area contributed by atoms with Crippen molar-refractivity contribution in [2.24, 2.45) is 17.4 Å². The highest BCUT2D eigenvalue weighted by Crippen LogP contribution is 2.37. The first kappa shape index (κ1) is 21.8. The van der Waals surface area contributed by atoms with Gasteiger partial charge in [0.25, 0.3) is 5.91 Å². The van der Waals surface area contributed by atoms with Gasteiger partial charge in [0.15, 0.2) is 0 Å². The van der Waals surface area contributed by atoms with Gasteiger partial charge in [-0.1, -0.05) is 32.1 Å². The minimum absolute atomic E-state index is 0.0593. The predicted octanol–water partition coefficient (Wildman–Crippen LogP) is 2.42. The highest BCUT2D eigenvalue weighted by atomic mass is 32.1. The second-order valence-corrected chi connectivity index (χ2v) is 9.40. The molecule has 0 spiro atoms. The fourth-order valence-electron chi connectivity index (χ4n) is 4.56. The van der Waals surface area contributed by atoms with Gasteiger partial charge in [0.05, 0.1) is 18.7 Å². The van der Waals surface area contributed by atoms with Crippen LogP contribution in [0.4, 0.5) is 5.00 Å². The lowest BCUT2D eigenvalue weighted by Gasteiger charge is -2.26. The molecule has 0 bridgehead atoms. The number of carbonyl (C=O) groups excluding carboxylic acids is 3. The van der Waals surface area contributed by atoms with Crippen LogP contribution in [0.5, 0.6) is 0 Å². The van der Waals surface area contributed by atoms with Gasteiger partial charge in [-0.2, -0.15) is 0 Å². The summed E-state index contributed by atoms with van der Waals surface area (Å²) in [5, 5.41) is 3.42. The van der Waals surface area contributed by atoms with Crippen LogP contribution in [0.15, 0.2) is 0 Å². The van der Waals surface area contributed by atoms with E-state index in [-0.39, 0.29) is 19.0 Å². The topological polar surface area (TPSA) is 119 Å². The van der Waals surface area contributed by atoms with Crippen LogP contribution < -0.4 is 16.8 Å². The minimum Gasteiger partial charge on any atom is -0.369 e. The molecule has 1 heterocycles. The van der Waals surface area contributed by atoms with Crippen LogP contribution in [0.1, 0.15) is 72.2 Å². The lowest BCUT2D eigenvalue weighted by Crippen LogP contribution is -2.40. The fraction of sp³-hybridized carbons (Fsp3) is 0.667. The van der Waals surface area contributed by atoms with Crippen LogP contribution in [0.3, 0.4) is 0 Å². The number of carbonyl (C=O) groups is 3. The highest BCUT2D eigenvalue weighted by molar-refractivity contribution is 7.17. The summed E-state index contributed by atoms with van der Waals surface area (Å²) >= 11 is 1.45. The lowest BCUT2D eigenvalue weighted by molar-refractivity contribution is -0.121. The standard InChI is InChI=1S/C21H32N4O3S/c22-17(26)12-25(11-10-14-6-2-1-3-7-14)13-18(27)24-21-19(20(23)28)15-8-4-5-9-16(15)29-21/h14H,1-13H2,(H2,22,26)(H2,23,28)(H,24,27). The Morgan fingerprint density at radius 3 is 2.41 bits per heavy atom. The zero-order chi connectivity index (χ0) is 20.8. The normalized spacial score (nSPS) is 17.1. The minimum atomic E-state index is -0.494. The molecule has 0 saturated heterocycles. The monoisotopic (exact) mass is 420 g/mol. The third kappa shape index (κ3) is 6.02. The van der Waals surface area contributed by atoms with Crippen LogP contribution in [-0.2, 0) is 22.4 Å². The van der Waals surface area contributed by atoms with Crippen molar-refractivity contribution in [2.45, 2.75) is 64.2 Å². The van der Waals surface area contributed by atoms with E-state index in [1.807, 2.05) is 4.90 Å². The van der Waals surface area contributed by atoms with E-state index < -0.39 is 11.8 Å².